The fourth-order valence-electron chi connectivity index (χ4n) is 2.49. The molecule has 0 saturated carbocycles. The van der Waals surface area contributed by atoms with E-state index in [0.717, 1.165) is 37.1 Å². The minimum Gasteiger partial charge on any atom is -0.508 e. The number of hydrogen-bond donors (Lipinski definition) is 1. The maximum absolute atomic E-state index is 12.0. The van der Waals surface area contributed by atoms with Crippen LogP contribution >= 0.6 is 0 Å². The van der Waals surface area contributed by atoms with Gasteiger partial charge in [-0.15, -0.1) is 0 Å². The molecule has 1 aromatic rings. The molecule has 1 aromatic carbocycles. The minimum absolute atomic E-state index is 0.187. The quantitative estimate of drug-likeness (QED) is 0.899. The third-order valence-corrected chi connectivity index (χ3v) is 3.54. The molecule has 0 spiro atoms. The second-order valence-corrected chi connectivity index (χ2v) is 5.39. The van der Waals surface area contributed by atoms with Gasteiger partial charge in [-0.05, 0) is 32.9 Å². The first-order chi connectivity index (χ1) is 9.06. The summed E-state index contributed by atoms with van der Waals surface area (Å²) in [5, 5.41) is 9.81. The summed E-state index contributed by atoms with van der Waals surface area (Å²) in [7, 11) is 1.91. The monoisotopic (exact) mass is 262 g/mol. The van der Waals surface area contributed by atoms with Crippen molar-refractivity contribution in [3.05, 3.63) is 29.3 Å². The molecule has 1 aliphatic heterocycles. The van der Waals surface area contributed by atoms with Crippen LogP contribution in [-0.2, 0) is 11.3 Å². The number of nitrogens with zero attached hydrogens (tertiary/aromatic N) is 2. The number of benzene rings is 1. The van der Waals surface area contributed by atoms with E-state index in [1.807, 2.05) is 35.9 Å². The standard InChI is InChI=1S/C15H22N2O2/c1-12-5-6-14(18)13(9-12)10-16(2)11-15(19)17-7-3-4-8-17/h5-6,9,18H,3-4,7-8,10-11H2,1-2H3. The molecular formula is C15H22N2O2. The smallest absolute Gasteiger partial charge is 0.236 e. The minimum atomic E-state index is 0.187. The fourth-order valence-corrected chi connectivity index (χ4v) is 2.49. The van der Waals surface area contributed by atoms with E-state index in [1.165, 1.54) is 0 Å². The molecule has 4 nitrogen and oxygen atoms in total. The fraction of sp³-hybridized carbons (Fsp3) is 0.533. The summed E-state index contributed by atoms with van der Waals surface area (Å²) >= 11 is 0. The molecule has 0 bridgehead atoms. The number of likely N-dealkylation sites (N-methyl/N-ethyl adjacent to an activating group) is 1. The molecule has 104 valence electrons. The van der Waals surface area contributed by atoms with Crippen molar-refractivity contribution >= 4 is 5.91 Å². The average Bonchev–Trinajstić information content (AvgIpc) is 2.87. The Labute approximate surface area is 114 Å². The number of rotatable bonds is 4. The Hall–Kier alpha value is -1.55. The van der Waals surface area contributed by atoms with Gasteiger partial charge >= 0.3 is 0 Å². The predicted molar refractivity (Wildman–Crippen MR) is 75.0 cm³/mol. The molecular weight excluding hydrogens is 240 g/mol. The second-order valence-electron chi connectivity index (χ2n) is 5.39. The van der Waals surface area contributed by atoms with Crippen LogP contribution in [0.4, 0.5) is 0 Å². The molecule has 0 atom stereocenters. The van der Waals surface area contributed by atoms with Gasteiger partial charge in [0.2, 0.25) is 5.91 Å². The highest BCUT2D eigenvalue weighted by molar-refractivity contribution is 5.78. The maximum Gasteiger partial charge on any atom is 0.236 e. The van der Waals surface area contributed by atoms with E-state index in [2.05, 4.69) is 0 Å². The number of phenolic OH excluding ortho intramolecular Hbond substituents is 1. The van der Waals surface area contributed by atoms with E-state index in [9.17, 15) is 9.90 Å². The first-order valence-electron chi connectivity index (χ1n) is 6.81. The summed E-state index contributed by atoms with van der Waals surface area (Å²) in [6, 6.07) is 5.56. The van der Waals surface area contributed by atoms with Crippen molar-refractivity contribution in [1.29, 1.82) is 0 Å². The van der Waals surface area contributed by atoms with Gasteiger partial charge < -0.3 is 10.0 Å². The van der Waals surface area contributed by atoms with E-state index in [0.29, 0.717) is 18.8 Å². The molecule has 0 radical (unpaired) electrons. The van der Waals surface area contributed by atoms with Crippen molar-refractivity contribution in [2.24, 2.45) is 0 Å². The van der Waals surface area contributed by atoms with Crippen molar-refractivity contribution in [2.75, 3.05) is 26.7 Å². The Balaban J connectivity index is 1.91. The lowest BCUT2D eigenvalue weighted by atomic mass is 10.1. The third-order valence-electron chi connectivity index (χ3n) is 3.54. The maximum atomic E-state index is 12.0. The van der Waals surface area contributed by atoms with E-state index >= 15 is 0 Å². The lowest BCUT2D eigenvalue weighted by Gasteiger charge is -2.21. The Morgan fingerprint density at radius 2 is 2.05 bits per heavy atom. The zero-order valence-electron chi connectivity index (χ0n) is 11.7. The highest BCUT2D eigenvalue weighted by Crippen LogP contribution is 2.19. The van der Waals surface area contributed by atoms with Gasteiger partial charge in [0.15, 0.2) is 0 Å². The Bertz CT molecular complexity index is 453. The average molecular weight is 262 g/mol. The van der Waals surface area contributed by atoms with Crippen LogP contribution in [0.1, 0.15) is 24.0 Å². The van der Waals surface area contributed by atoms with Crippen molar-refractivity contribution in [2.45, 2.75) is 26.3 Å². The van der Waals surface area contributed by atoms with Crippen molar-refractivity contribution in [3.63, 3.8) is 0 Å². The lowest BCUT2D eigenvalue weighted by Crippen LogP contribution is -2.36. The van der Waals surface area contributed by atoms with Gasteiger partial charge in [0.05, 0.1) is 6.54 Å². The predicted octanol–water partition coefficient (Wildman–Crippen LogP) is 1.75. The van der Waals surface area contributed by atoms with Crippen LogP contribution < -0.4 is 0 Å². The summed E-state index contributed by atoms with van der Waals surface area (Å²) in [5.41, 5.74) is 1.99. The molecule has 1 N–H and O–H groups in total. The number of likely N-dealkylation sites (tertiary alicyclic amines) is 1. The first kappa shape index (κ1) is 13.9. The van der Waals surface area contributed by atoms with Crippen LogP contribution in [0.2, 0.25) is 0 Å². The van der Waals surface area contributed by atoms with Crippen LogP contribution in [0.25, 0.3) is 0 Å². The van der Waals surface area contributed by atoms with Gasteiger partial charge in [0, 0.05) is 25.2 Å². The number of aromatic hydroxyl groups is 1. The lowest BCUT2D eigenvalue weighted by molar-refractivity contribution is -0.131. The molecule has 1 aliphatic rings. The largest absolute Gasteiger partial charge is 0.508 e. The van der Waals surface area contributed by atoms with Gasteiger partial charge in [-0.25, -0.2) is 0 Å². The number of phenols is 1. The van der Waals surface area contributed by atoms with Crippen LogP contribution in [0, 0.1) is 6.92 Å². The number of carbonyl (C=O) groups is 1. The van der Waals surface area contributed by atoms with E-state index in [4.69, 9.17) is 0 Å². The normalized spacial score (nSPS) is 15.2. The number of hydrogen-bond acceptors (Lipinski definition) is 3. The number of amides is 1. The van der Waals surface area contributed by atoms with Crippen LogP contribution in [0.3, 0.4) is 0 Å². The zero-order valence-corrected chi connectivity index (χ0v) is 11.7. The molecule has 0 aromatic heterocycles. The Morgan fingerprint density at radius 3 is 2.74 bits per heavy atom. The van der Waals surface area contributed by atoms with Gasteiger partial charge in [-0.1, -0.05) is 17.7 Å². The molecule has 1 saturated heterocycles. The summed E-state index contributed by atoms with van der Waals surface area (Å²) in [6.45, 7) is 4.78. The molecule has 2 rings (SSSR count). The Morgan fingerprint density at radius 1 is 1.37 bits per heavy atom. The topological polar surface area (TPSA) is 43.8 Å². The van der Waals surface area contributed by atoms with Gasteiger partial charge in [-0.2, -0.15) is 0 Å². The molecule has 19 heavy (non-hydrogen) atoms. The first-order valence-corrected chi connectivity index (χ1v) is 6.81. The summed E-state index contributed by atoms with van der Waals surface area (Å²) < 4.78 is 0. The molecule has 4 heteroatoms. The van der Waals surface area contributed by atoms with E-state index in [-0.39, 0.29) is 5.91 Å². The summed E-state index contributed by atoms with van der Waals surface area (Å²) in [5.74, 6) is 0.484. The number of aryl methyl sites for hydroxylation is 1. The number of carbonyl (C=O) groups excluding carboxylic acids is 1. The molecule has 1 amide bonds. The highest BCUT2D eigenvalue weighted by atomic mass is 16.3. The molecule has 1 fully saturated rings. The van der Waals surface area contributed by atoms with Crippen LogP contribution in [0.15, 0.2) is 18.2 Å². The molecule has 0 unspecified atom stereocenters. The van der Waals surface area contributed by atoms with Gasteiger partial charge in [-0.3, -0.25) is 9.69 Å². The van der Waals surface area contributed by atoms with Crippen LogP contribution in [0.5, 0.6) is 5.75 Å². The third kappa shape index (κ3) is 3.70. The SMILES string of the molecule is Cc1ccc(O)c(CN(C)CC(=O)N2CCCC2)c1. The highest BCUT2D eigenvalue weighted by Gasteiger charge is 2.19. The molecule has 1 heterocycles. The Kier molecular flexibility index (Phi) is 4.43. The summed E-state index contributed by atoms with van der Waals surface area (Å²) in [6.07, 6.45) is 2.24. The van der Waals surface area contributed by atoms with Crippen molar-refractivity contribution in [3.8, 4) is 5.75 Å². The second kappa shape index (κ2) is 6.06. The van der Waals surface area contributed by atoms with E-state index in [1.54, 1.807) is 6.07 Å². The van der Waals surface area contributed by atoms with E-state index < -0.39 is 0 Å². The van der Waals surface area contributed by atoms with Gasteiger partial charge in [0.25, 0.3) is 0 Å². The molecule has 0 aliphatic carbocycles. The van der Waals surface area contributed by atoms with Crippen molar-refractivity contribution < 1.29 is 9.90 Å². The zero-order chi connectivity index (χ0) is 13.8. The summed E-state index contributed by atoms with van der Waals surface area (Å²) in [4.78, 5) is 15.9. The van der Waals surface area contributed by atoms with Gasteiger partial charge in [0.1, 0.15) is 5.75 Å². The van der Waals surface area contributed by atoms with Crippen molar-refractivity contribution in [1.82, 2.24) is 9.80 Å². The van der Waals surface area contributed by atoms with Crippen LogP contribution in [-0.4, -0.2) is 47.5 Å².